The molecule has 0 N–H and O–H groups in total. The first kappa shape index (κ1) is 12.4. The molecule has 15 heavy (non-hydrogen) atoms. The number of rotatable bonds is 4. The molecule has 1 aromatic rings. The Labute approximate surface area is 96.6 Å². The standard InChI is InChI=1S/C11H13BrF2O/c1-3-6-15-10-5-4-8(12)7-9(10)11(2,13)14/h4-5,7H,3,6H2,1-2H3. The fraction of sp³-hybridized carbons (Fsp3) is 0.455. The van der Waals surface area contributed by atoms with Crippen LogP contribution in [-0.2, 0) is 5.92 Å². The molecule has 0 aliphatic heterocycles. The molecule has 0 fully saturated rings. The van der Waals surface area contributed by atoms with Crippen LogP contribution in [0.2, 0.25) is 0 Å². The molecular weight excluding hydrogens is 266 g/mol. The van der Waals surface area contributed by atoms with Crippen molar-refractivity contribution < 1.29 is 13.5 Å². The van der Waals surface area contributed by atoms with E-state index in [9.17, 15) is 8.78 Å². The zero-order valence-corrected chi connectivity index (χ0v) is 10.3. The summed E-state index contributed by atoms with van der Waals surface area (Å²) in [4.78, 5) is 0. The molecule has 0 unspecified atom stereocenters. The lowest BCUT2D eigenvalue weighted by molar-refractivity contribution is 0.0144. The van der Waals surface area contributed by atoms with Crippen molar-refractivity contribution in [1.29, 1.82) is 0 Å². The monoisotopic (exact) mass is 278 g/mol. The molecule has 0 aliphatic carbocycles. The van der Waals surface area contributed by atoms with Crippen LogP contribution >= 0.6 is 15.9 Å². The van der Waals surface area contributed by atoms with Gasteiger partial charge in [-0.3, -0.25) is 0 Å². The molecule has 0 radical (unpaired) electrons. The Morgan fingerprint density at radius 3 is 2.60 bits per heavy atom. The van der Waals surface area contributed by atoms with Crippen LogP contribution in [0, 0.1) is 0 Å². The summed E-state index contributed by atoms with van der Waals surface area (Å²) in [6, 6.07) is 4.65. The van der Waals surface area contributed by atoms with Gasteiger partial charge in [0.15, 0.2) is 0 Å². The van der Waals surface area contributed by atoms with Gasteiger partial charge in [0.1, 0.15) is 5.75 Å². The maximum Gasteiger partial charge on any atom is 0.274 e. The van der Waals surface area contributed by atoms with Crippen molar-refractivity contribution in [3.8, 4) is 5.75 Å². The normalized spacial score (nSPS) is 11.5. The summed E-state index contributed by atoms with van der Waals surface area (Å²) in [6.45, 7) is 3.25. The molecule has 84 valence electrons. The van der Waals surface area contributed by atoms with E-state index in [0.29, 0.717) is 11.1 Å². The minimum atomic E-state index is -2.88. The van der Waals surface area contributed by atoms with Gasteiger partial charge < -0.3 is 4.74 Å². The van der Waals surface area contributed by atoms with Crippen LogP contribution in [0.4, 0.5) is 8.78 Å². The number of ether oxygens (including phenoxy) is 1. The maximum atomic E-state index is 13.2. The second kappa shape index (κ2) is 4.92. The quantitative estimate of drug-likeness (QED) is 0.796. The predicted octanol–water partition coefficient (Wildman–Crippen LogP) is 4.35. The zero-order chi connectivity index (χ0) is 11.5. The van der Waals surface area contributed by atoms with E-state index in [2.05, 4.69) is 15.9 Å². The maximum absolute atomic E-state index is 13.2. The summed E-state index contributed by atoms with van der Waals surface area (Å²) in [6.07, 6.45) is 0.796. The fourth-order valence-electron chi connectivity index (χ4n) is 1.18. The summed E-state index contributed by atoms with van der Waals surface area (Å²) in [5, 5.41) is 0. The summed E-state index contributed by atoms with van der Waals surface area (Å²) >= 11 is 3.17. The zero-order valence-electron chi connectivity index (χ0n) is 8.69. The molecule has 1 rings (SSSR count). The number of benzene rings is 1. The van der Waals surface area contributed by atoms with E-state index in [1.807, 2.05) is 6.92 Å². The van der Waals surface area contributed by atoms with Crippen LogP contribution in [-0.4, -0.2) is 6.61 Å². The van der Waals surface area contributed by atoms with Gasteiger partial charge in [-0.1, -0.05) is 22.9 Å². The number of hydrogen-bond donors (Lipinski definition) is 0. The van der Waals surface area contributed by atoms with Gasteiger partial charge in [-0.25, -0.2) is 8.78 Å². The Morgan fingerprint density at radius 1 is 1.40 bits per heavy atom. The molecule has 0 heterocycles. The molecule has 0 saturated carbocycles. The molecule has 0 amide bonds. The van der Waals surface area contributed by atoms with Gasteiger partial charge in [0.2, 0.25) is 0 Å². The van der Waals surface area contributed by atoms with Crippen molar-refractivity contribution in [3.63, 3.8) is 0 Å². The minimum Gasteiger partial charge on any atom is -0.493 e. The smallest absolute Gasteiger partial charge is 0.274 e. The van der Waals surface area contributed by atoms with Gasteiger partial charge in [-0.15, -0.1) is 0 Å². The third-order valence-corrected chi connectivity index (χ3v) is 2.37. The molecule has 0 bridgehead atoms. The molecule has 0 saturated heterocycles. The SMILES string of the molecule is CCCOc1ccc(Br)cc1C(C)(F)F. The highest BCUT2D eigenvalue weighted by Crippen LogP contribution is 2.36. The average Bonchev–Trinajstić information content (AvgIpc) is 2.14. The van der Waals surface area contributed by atoms with Crippen LogP contribution < -0.4 is 4.74 Å². The van der Waals surface area contributed by atoms with Crippen LogP contribution in [0.3, 0.4) is 0 Å². The Balaban J connectivity index is 3.04. The van der Waals surface area contributed by atoms with E-state index in [1.54, 1.807) is 12.1 Å². The summed E-state index contributed by atoms with van der Waals surface area (Å²) in [5.74, 6) is -2.63. The molecule has 0 aromatic heterocycles. The van der Waals surface area contributed by atoms with Crippen molar-refractivity contribution in [1.82, 2.24) is 0 Å². The molecular formula is C11H13BrF2O. The Hall–Kier alpha value is -0.640. The Bertz CT molecular complexity index is 334. The van der Waals surface area contributed by atoms with Gasteiger partial charge in [-0.2, -0.15) is 0 Å². The molecule has 1 aromatic carbocycles. The molecule has 1 nitrogen and oxygen atoms in total. The number of halogens is 3. The van der Waals surface area contributed by atoms with Crippen molar-refractivity contribution in [3.05, 3.63) is 28.2 Å². The third kappa shape index (κ3) is 3.45. The van der Waals surface area contributed by atoms with Crippen molar-refractivity contribution in [2.45, 2.75) is 26.2 Å². The van der Waals surface area contributed by atoms with Gasteiger partial charge >= 0.3 is 0 Å². The van der Waals surface area contributed by atoms with E-state index in [0.717, 1.165) is 13.3 Å². The van der Waals surface area contributed by atoms with Gasteiger partial charge in [0.05, 0.1) is 12.2 Å². The van der Waals surface area contributed by atoms with Gasteiger partial charge in [0.25, 0.3) is 5.92 Å². The first-order chi connectivity index (χ1) is 6.95. The predicted molar refractivity (Wildman–Crippen MR) is 59.5 cm³/mol. The Kier molecular flexibility index (Phi) is 4.08. The van der Waals surface area contributed by atoms with Crippen molar-refractivity contribution in [2.75, 3.05) is 6.61 Å². The molecule has 0 aliphatic rings. The average molecular weight is 279 g/mol. The highest BCUT2D eigenvalue weighted by Gasteiger charge is 2.28. The van der Waals surface area contributed by atoms with Crippen LogP contribution in [0.15, 0.2) is 22.7 Å². The van der Waals surface area contributed by atoms with E-state index in [4.69, 9.17) is 4.74 Å². The van der Waals surface area contributed by atoms with Crippen LogP contribution in [0.25, 0.3) is 0 Å². The second-order valence-electron chi connectivity index (χ2n) is 3.38. The lowest BCUT2D eigenvalue weighted by atomic mass is 10.1. The fourth-order valence-corrected chi connectivity index (χ4v) is 1.54. The van der Waals surface area contributed by atoms with E-state index >= 15 is 0 Å². The van der Waals surface area contributed by atoms with E-state index in [-0.39, 0.29) is 11.3 Å². The summed E-state index contributed by atoms with van der Waals surface area (Å²) < 4.78 is 32.3. The first-order valence-electron chi connectivity index (χ1n) is 4.75. The van der Waals surface area contributed by atoms with E-state index < -0.39 is 5.92 Å². The second-order valence-corrected chi connectivity index (χ2v) is 4.29. The number of alkyl halides is 2. The first-order valence-corrected chi connectivity index (χ1v) is 5.55. The molecule has 0 atom stereocenters. The summed E-state index contributed by atoms with van der Waals surface area (Å²) in [7, 11) is 0. The molecule has 0 spiro atoms. The van der Waals surface area contributed by atoms with Gasteiger partial charge in [-0.05, 0) is 24.6 Å². The minimum absolute atomic E-state index is 0.0784. The Morgan fingerprint density at radius 2 is 2.07 bits per heavy atom. The van der Waals surface area contributed by atoms with Crippen molar-refractivity contribution >= 4 is 15.9 Å². The van der Waals surface area contributed by atoms with Gasteiger partial charge in [0, 0.05) is 11.4 Å². The van der Waals surface area contributed by atoms with Crippen molar-refractivity contribution in [2.24, 2.45) is 0 Å². The summed E-state index contributed by atoms with van der Waals surface area (Å²) in [5.41, 5.74) is -0.0784. The topological polar surface area (TPSA) is 9.23 Å². The lowest BCUT2D eigenvalue weighted by Crippen LogP contribution is -2.10. The lowest BCUT2D eigenvalue weighted by Gasteiger charge is -2.16. The van der Waals surface area contributed by atoms with Crippen LogP contribution in [0.1, 0.15) is 25.8 Å². The highest BCUT2D eigenvalue weighted by molar-refractivity contribution is 9.10. The molecule has 4 heteroatoms. The highest BCUT2D eigenvalue weighted by atomic mass is 79.9. The number of hydrogen-bond acceptors (Lipinski definition) is 1. The largest absolute Gasteiger partial charge is 0.493 e. The van der Waals surface area contributed by atoms with E-state index in [1.165, 1.54) is 6.07 Å². The third-order valence-electron chi connectivity index (χ3n) is 1.88. The van der Waals surface area contributed by atoms with Crippen LogP contribution in [0.5, 0.6) is 5.75 Å².